The van der Waals surface area contributed by atoms with Crippen molar-refractivity contribution >= 4 is 15.9 Å². The summed E-state index contributed by atoms with van der Waals surface area (Å²) in [7, 11) is 1.51. The van der Waals surface area contributed by atoms with Crippen molar-refractivity contribution in [3.63, 3.8) is 0 Å². The van der Waals surface area contributed by atoms with Crippen LogP contribution in [0.5, 0.6) is 11.5 Å². The number of phenolic OH excluding ortho intramolecular Hbond substituents is 1. The van der Waals surface area contributed by atoms with Crippen LogP contribution in [0.25, 0.3) is 0 Å². The number of rotatable bonds is 4. The Bertz CT molecular complexity index is 355. The molecule has 0 fully saturated rings. The number of hydrogen-bond donors (Lipinski definition) is 2. The Morgan fingerprint density at radius 2 is 2.20 bits per heavy atom. The van der Waals surface area contributed by atoms with E-state index >= 15 is 0 Å². The van der Waals surface area contributed by atoms with Crippen LogP contribution >= 0.6 is 15.9 Å². The van der Waals surface area contributed by atoms with Gasteiger partial charge in [-0.2, -0.15) is 0 Å². The highest BCUT2D eigenvalue weighted by atomic mass is 79.9. The smallest absolute Gasteiger partial charge is 0.174 e. The van der Waals surface area contributed by atoms with Crippen molar-refractivity contribution in [3.05, 3.63) is 21.7 Å². The quantitative estimate of drug-likeness (QED) is 0.824. The van der Waals surface area contributed by atoms with Gasteiger partial charge in [-0.3, -0.25) is 0 Å². The number of ether oxygens (including phenoxy) is 1. The number of halogens is 1. The van der Waals surface area contributed by atoms with Crippen LogP contribution in [0.1, 0.15) is 11.1 Å². The second-order valence-electron chi connectivity index (χ2n) is 3.16. The number of nitrogens with two attached hydrogens (primary N) is 1. The lowest BCUT2D eigenvalue weighted by molar-refractivity contribution is 0.141. The lowest BCUT2D eigenvalue weighted by Gasteiger charge is -2.13. The zero-order valence-corrected chi connectivity index (χ0v) is 10.3. The van der Waals surface area contributed by atoms with E-state index in [0.717, 1.165) is 15.6 Å². The first-order valence-electron chi connectivity index (χ1n) is 4.48. The molecule has 0 bridgehead atoms. The summed E-state index contributed by atoms with van der Waals surface area (Å²) in [5.74, 6) is 5.54. The van der Waals surface area contributed by atoms with Gasteiger partial charge >= 0.3 is 0 Å². The molecule has 3 N–H and O–H groups in total. The summed E-state index contributed by atoms with van der Waals surface area (Å²) in [4.78, 5) is 4.54. The number of aryl methyl sites for hydroxylation is 1. The second-order valence-corrected chi connectivity index (χ2v) is 3.95. The van der Waals surface area contributed by atoms with Crippen LogP contribution in [0.2, 0.25) is 0 Å². The van der Waals surface area contributed by atoms with Crippen LogP contribution in [0.15, 0.2) is 10.5 Å². The topological polar surface area (TPSA) is 64.7 Å². The Balaban J connectivity index is 3.14. The molecule has 1 rings (SSSR count). The maximum Gasteiger partial charge on any atom is 0.174 e. The van der Waals surface area contributed by atoms with E-state index in [1.54, 1.807) is 6.07 Å². The van der Waals surface area contributed by atoms with E-state index in [0.29, 0.717) is 18.8 Å². The van der Waals surface area contributed by atoms with Crippen molar-refractivity contribution < 1.29 is 14.7 Å². The first-order chi connectivity index (χ1) is 7.11. The van der Waals surface area contributed by atoms with Gasteiger partial charge in [-0.05, 0) is 46.5 Å². The highest BCUT2D eigenvalue weighted by Crippen LogP contribution is 2.38. The highest BCUT2D eigenvalue weighted by molar-refractivity contribution is 9.10. The summed E-state index contributed by atoms with van der Waals surface area (Å²) in [5.41, 5.74) is 1.99. The fourth-order valence-corrected chi connectivity index (χ4v) is 2.32. The van der Waals surface area contributed by atoms with E-state index in [1.165, 1.54) is 7.11 Å². The number of benzene rings is 1. The number of aromatic hydroxyl groups is 1. The van der Waals surface area contributed by atoms with Crippen LogP contribution in [0, 0.1) is 6.92 Å². The molecule has 0 aliphatic heterocycles. The molecule has 0 aliphatic rings. The number of hydrogen-bond acceptors (Lipinski definition) is 4. The Morgan fingerprint density at radius 3 is 2.73 bits per heavy atom. The largest absolute Gasteiger partial charge is 0.504 e. The molecule has 4 nitrogen and oxygen atoms in total. The minimum absolute atomic E-state index is 0.124. The third kappa shape index (κ3) is 2.62. The number of phenols is 1. The molecular weight excluding hydrogens is 262 g/mol. The standard InChI is InChI=1S/C10H14BrNO3/c1-6-5-8(13)10(14-2)9(11)7(6)3-4-15-12/h5,13H,3-4,12H2,1-2H3. The molecule has 0 radical (unpaired) electrons. The molecule has 0 aliphatic carbocycles. The van der Waals surface area contributed by atoms with Gasteiger partial charge in [-0.1, -0.05) is 0 Å². The van der Waals surface area contributed by atoms with Crippen molar-refractivity contribution in [2.24, 2.45) is 5.90 Å². The van der Waals surface area contributed by atoms with Gasteiger partial charge in [0.05, 0.1) is 18.2 Å². The lowest BCUT2D eigenvalue weighted by Crippen LogP contribution is -2.06. The van der Waals surface area contributed by atoms with E-state index < -0.39 is 0 Å². The van der Waals surface area contributed by atoms with E-state index in [1.807, 2.05) is 6.92 Å². The van der Waals surface area contributed by atoms with E-state index in [4.69, 9.17) is 10.6 Å². The van der Waals surface area contributed by atoms with E-state index in [2.05, 4.69) is 20.8 Å². The molecule has 84 valence electrons. The van der Waals surface area contributed by atoms with Crippen LogP contribution in [0.4, 0.5) is 0 Å². The predicted octanol–water partition coefficient (Wildman–Crippen LogP) is 1.90. The Hall–Kier alpha value is -0.780. The molecule has 0 unspecified atom stereocenters. The van der Waals surface area contributed by atoms with Crippen LogP contribution < -0.4 is 10.6 Å². The van der Waals surface area contributed by atoms with Crippen LogP contribution in [-0.4, -0.2) is 18.8 Å². The van der Waals surface area contributed by atoms with Crippen LogP contribution in [-0.2, 0) is 11.3 Å². The van der Waals surface area contributed by atoms with Gasteiger partial charge in [-0.25, -0.2) is 5.90 Å². The average molecular weight is 276 g/mol. The summed E-state index contributed by atoms with van der Waals surface area (Å²) >= 11 is 3.39. The summed E-state index contributed by atoms with van der Waals surface area (Å²) in [6, 6.07) is 1.66. The van der Waals surface area contributed by atoms with Crippen molar-refractivity contribution in [3.8, 4) is 11.5 Å². The molecule has 0 saturated carbocycles. The fourth-order valence-electron chi connectivity index (χ4n) is 1.44. The molecule has 0 spiro atoms. The summed E-state index contributed by atoms with van der Waals surface area (Å²) in [6.07, 6.45) is 0.666. The molecule has 5 heteroatoms. The van der Waals surface area contributed by atoms with Crippen molar-refractivity contribution in [1.29, 1.82) is 0 Å². The molecular formula is C10H14BrNO3. The van der Waals surface area contributed by atoms with Gasteiger partial charge in [0.1, 0.15) is 0 Å². The molecule has 0 heterocycles. The van der Waals surface area contributed by atoms with Gasteiger partial charge in [0.15, 0.2) is 11.5 Å². The third-order valence-electron chi connectivity index (χ3n) is 2.20. The molecule has 0 saturated heterocycles. The lowest BCUT2D eigenvalue weighted by atomic mass is 10.1. The zero-order valence-electron chi connectivity index (χ0n) is 8.71. The van der Waals surface area contributed by atoms with Crippen LogP contribution in [0.3, 0.4) is 0 Å². The van der Waals surface area contributed by atoms with Gasteiger partial charge in [0.25, 0.3) is 0 Å². The molecule has 0 atom stereocenters. The normalized spacial score (nSPS) is 10.4. The molecule has 1 aromatic carbocycles. The maximum absolute atomic E-state index is 9.61. The minimum atomic E-state index is 0.124. The van der Waals surface area contributed by atoms with Crippen molar-refractivity contribution in [2.75, 3.05) is 13.7 Å². The molecule has 1 aromatic rings. The Kier molecular flexibility index (Phi) is 4.38. The summed E-state index contributed by atoms with van der Waals surface area (Å²) in [6.45, 7) is 2.34. The monoisotopic (exact) mass is 275 g/mol. The van der Waals surface area contributed by atoms with Gasteiger partial charge < -0.3 is 14.7 Å². The minimum Gasteiger partial charge on any atom is -0.504 e. The first kappa shape index (κ1) is 12.3. The second kappa shape index (κ2) is 5.34. The van der Waals surface area contributed by atoms with Crippen molar-refractivity contribution in [1.82, 2.24) is 0 Å². The van der Waals surface area contributed by atoms with E-state index in [9.17, 15) is 5.11 Å². The fraction of sp³-hybridized carbons (Fsp3) is 0.400. The maximum atomic E-state index is 9.61. The third-order valence-corrected chi connectivity index (χ3v) is 3.04. The summed E-state index contributed by atoms with van der Waals surface area (Å²) in [5, 5.41) is 9.61. The first-order valence-corrected chi connectivity index (χ1v) is 5.27. The predicted molar refractivity (Wildman–Crippen MR) is 60.9 cm³/mol. The number of methoxy groups -OCH3 is 1. The average Bonchev–Trinajstić information content (AvgIpc) is 2.17. The van der Waals surface area contributed by atoms with Gasteiger partial charge in [0.2, 0.25) is 0 Å². The Labute approximate surface area is 97.1 Å². The molecule has 0 aromatic heterocycles. The van der Waals surface area contributed by atoms with Gasteiger partial charge in [0, 0.05) is 0 Å². The highest BCUT2D eigenvalue weighted by Gasteiger charge is 2.14. The summed E-state index contributed by atoms with van der Waals surface area (Å²) < 4.78 is 5.83. The Morgan fingerprint density at radius 1 is 1.53 bits per heavy atom. The zero-order chi connectivity index (χ0) is 11.4. The van der Waals surface area contributed by atoms with Crippen molar-refractivity contribution in [2.45, 2.75) is 13.3 Å². The molecule has 15 heavy (non-hydrogen) atoms. The molecule has 0 amide bonds. The SMILES string of the molecule is COc1c(O)cc(C)c(CCON)c1Br. The van der Waals surface area contributed by atoms with E-state index in [-0.39, 0.29) is 5.75 Å². The van der Waals surface area contributed by atoms with Gasteiger partial charge in [-0.15, -0.1) is 0 Å².